The summed E-state index contributed by atoms with van der Waals surface area (Å²) in [6.07, 6.45) is 4.28. The molecule has 104 valence electrons. The molecular formula is C15H27NO2. The molecule has 0 spiro atoms. The summed E-state index contributed by atoms with van der Waals surface area (Å²) in [7, 11) is 1.41. The summed E-state index contributed by atoms with van der Waals surface area (Å²) in [6, 6.07) is 0. The molecule has 1 rings (SSSR count). The maximum atomic E-state index is 11.5. The van der Waals surface area contributed by atoms with Gasteiger partial charge in [0.2, 0.25) is 0 Å². The Morgan fingerprint density at radius 3 is 2.61 bits per heavy atom. The van der Waals surface area contributed by atoms with Crippen LogP contribution in [0, 0.1) is 11.3 Å². The zero-order chi connectivity index (χ0) is 14.0. The highest BCUT2D eigenvalue weighted by Crippen LogP contribution is 2.48. The van der Waals surface area contributed by atoms with Crippen molar-refractivity contribution in [2.24, 2.45) is 11.3 Å². The van der Waals surface area contributed by atoms with Crippen molar-refractivity contribution in [3.8, 4) is 0 Å². The van der Waals surface area contributed by atoms with Crippen LogP contribution in [0.5, 0.6) is 0 Å². The van der Waals surface area contributed by atoms with E-state index in [4.69, 9.17) is 4.74 Å². The largest absolute Gasteiger partial charge is 0.453 e. The molecule has 1 fully saturated rings. The van der Waals surface area contributed by atoms with Crippen LogP contribution in [0.15, 0.2) is 12.2 Å². The molecule has 1 unspecified atom stereocenters. The summed E-state index contributed by atoms with van der Waals surface area (Å²) in [6.45, 7) is 12.6. The summed E-state index contributed by atoms with van der Waals surface area (Å²) in [5.41, 5.74) is 1.08. The standard InChI is InChI=1S/C15H27NO2/c1-11(2)12-8-7-9-15(5,10-12)14(3,4)16-13(17)18-6/h12H,1,7-10H2,2-6H3,(H,16,17)/t12?,15-/m1/s1. The van der Waals surface area contributed by atoms with Gasteiger partial charge in [-0.15, -0.1) is 0 Å². The molecule has 1 aliphatic rings. The van der Waals surface area contributed by atoms with Gasteiger partial charge in [0.05, 0.1) is 7.11 Å². The first-order chi connectivity index (χ1) is 8.22. The van der Waals surface area contributed by atoms with Crippen LogP contribution in [0.2, 0.25) is 0 Å². The van der Waals surface area contributed by atoms with Crippen LogP contribution in [0.1, 0.15) is 53.4 Å². The van der Waals surface area contributed by atoms with Crippen molar-refractivity contribution in [2.45, 2.75) is 58.9 Å². The monoisotopic (exact) mass is 253 g/mol. The molecule has 1 N–H and O–H groups in total. The molecule has 0 radical (unpaired) electrons. The number of alkyl carbamates (subject to hydrolysis) is 1. The lowest BCUT2D eigenvalue weighted by Crippen LogP contribution is -2.56. The van der Waals surface area contributed by atoms with E-state index < -0.39 is 0 Å². The lowest BCUT2D eigenvalue weighted by atomic mass is 9.60. The number of nitrogens with one attached hydrogen (secondary N) is 1. The van der Waals surface area contributed by atoms with Gasteiger partial charge in [0.1, 0.15) is 0 Å². The molecule has 0 aromatic carbocycles. The second-order valence-electron chi connectivity index (χ2n) is 6.44. The van der Waals surface area contributed by atoms with E-state index in [1.807, 2.05) is 0 Å². The molecule has 0 saturated heterocycles. The van der Waals surface area contributed by atoms with E-state index in [0.717, 1.165) is 12.8 Å². The quantitative estimate of drug-likeness (QED) is 0.775. The van der Waals surface area contributed by atoms with Crippen LogP contribution >= 0.6 is 0 Å². The molecular weight excluding hydrogens is 226 g/mol. The number of ether oxygens (including phenoxy) is 1. The minimum Gasteiger partial charge on any atom is -0.453 e. The van der Waals surface area contributed by atoms with Gasteiger partial charge in [0, 0.05) is 5.54 Å². The fourth-order valence-corrected chi connectivity index (χ4v) is 2.93. The summed E-state index contributed by atoms with van der Waals surface area (Å²) < 4.78 is 4.73. The number of hydrogen-bond donors (Lipinski definition) is 1. The summed E-state index contributed by atoms with van der Waals surface area (Å²) in [4.78, 5) is 11.5. The normalized spacial score (nSPS) is 28.6. The molecule has 3 nitrogen and oxygen atoms in total. The van der Waals surface area contributed by atoms with Crippen LogP contribution in [0.4, 0.5) is 4.79 Å². The van der Waals surface area contributed by atoms with Gasteiger partial charge < -0.3 is 10.1 Å². The van der Waals surface area contributed by atoms with E-state index in [1.54, 1.807) is 0 Å². The van der Waals surface area contributed by atoms with Crippen LogP contribution in [0.3, 0.4) is 0 Å². The van der Waals surface area contributed by atoms with E-state index >= 15 is 0 Å². The SMILES string of the molecule is C=C(C)C1CCC[C@@](C)(C(C)(C)NC(=O)OC)C1. The first-order valence-corrected chi connectivity index (χ1v) is 6.73. The third kappa shape index (κ3) is 3.06. The van der Waals surface area contributed by atoms with Gasteiger partial charge in [-0.3, -0.25) is 0 Å². The van der Waals surface area contributed by atoms with Crippen molar-refractivity contribution in [2.75, 3.05) is 7.11 Å². The third-order valence-corrected chi connectivity index (χ3v) is 4.78. The maximum Gasteiger partial charge on any atom is 0.407 e. The summed E-state index contributed by atoms with van der Waals surface area (Å²) in [5, 5.41) is 2.98. The second kappa shape index (κ2) is 5.33. The van der Waals surface area contributed by atoms with Gasteiger partial charge >= 0.3 is 6.09 Å². The number of hydrogen-bond acceptors (Lipinski definition) is 2. The van der Waals surface area contributed by atoms with Crippen molar-refractivity contribution in [3.05, 3.63) is 12.2 Å². The average Bonchev–Trinajstić information content (AvgIpc) is 2.28. The molecule has 1 saturated carbocycles. The van der Waals surface area contributed by atoms with Crippen molar-refractivity contribution >= 4 is 6.09 Å². The van der Waals surface area contributed by atoms with Gasteiger partial charge in [0.15, 0.2) is 0 Å². The van der Waals surface area contributed by atoms with E-state index in [0.29, 0.717) is 5.92 Å². The molecule has 18 heavy (non-hydrogen) atoms. The fourth-order valence-electron chi connectivity index (χ4n) is 2.93. The second-order valence-corrected chi connectivity index (χ2v) is 6.44. The molecule has 0 heterocycles. The zero-order valence-electron chi connectivity index (χ0n) is 12.4. The van der Waals surface area contributed by atoms with Gasteiger partial charge in [-0.1, -0.05) is 25.5 Å². The predicted molar refractivity (Wildman–Crippen MR) is 74.5 cm³/mol. The van der Waals surface area contributed by atoms with Crippen molar-refractivity contribution < 1.29 is 9.53 Å². The minimum absolute atomic E-state index is 0.0864. The van der Waals surface area contributed by atoms with Crippen molar-refractivity contribution in [3.63, 3.8) is 0 Å². The summed E-state index contributed by atoms with van der Waals surface area (Å²) >= 11 is 0. The number of amides is 1. The number of carbonyl (C=O) groups excluding carboxylic acids is 1. The molecule has 3 heteroatoms. The van der Waals surface area contributed by atoms with Crippen LogP contribution in [-0.2, 0) is 4.74 Å². The Morgan fingerprint density at radius 1 is 1.50 bits per heavy atom. The van der Waals surface area contributed by atoms with E-state index in [2.05, 4.69) is 39.6 Å². The number of carbonyl (C=O) groups is 1. The minimum atomic E-state index is -0.348. The van der Waals surface area contributed by atoms with E-state index in [-0.39, 0.29) is 17.0 Å². The fraction of sp³-hybridized carbons (Fsp3) is 0.800. The first-order valence-electron chi connectivity index (χ1n) is 6.73. The Morgan fingerprint density at radius 2 is 2.11 bits per heavy atom. The first kappa shape index (κ1) is 15.1. The molecule has 0 bridgehead atoms. The Balaban J connectivity index is 2.83. The molecule has 0 aliphatic heterocycles. The highest BCUT2D eigenvalue weighted by atomic mass is 16.5. The number of rotatable bonds is 3. The van der Waals surface area contributed by atoms with Gasteiger partial charge in [-0.25, -0.2) is 4.79 Å². The summed E-state index contributed by atoms with van der Waals surface area (Å²) in [5.74, 6) is 0.572. The molecule has 1 amide bonds. The number of allylic oxidation sites excluding steroid dienone is 1. The Bertz CT molecular complexity index is 335. The molecule has 2 atom stereocenters. The van der Waals surface area contributed by atoms with Crippen LogP contribution in [0.25, 0.3) is 0 Å². The van der Waals surface area contributed by atoms with Crippen LogP contribution < -0.4 is 5.32 Å². The van der Waals surface area contributed by atoms with E-state index in [1.165, 1.54) is 25.5 Å². The topological polar surface area (TPSA) is 38.3 Å². The molecule has 0 aromatic heterocycles. The number of methoxy groups -OCH3 is 1. The lowest BCUT2D eigenvalue weighted by molar-refractivity contribution is 0.0580. The Hall–Kier alpha value is -0.990. The van der Waals surface area contributed by atoms with Crippen molar-refractivity contribution in [1.82, 2.24) is 5.32 Å². The predicted octanol–water partition coefficient (Wildman–Crippen LogP) is 3.89. The lowest BCUT2D eigenvalue weighted by Gasteiger charge is -2.49. The molecule has 1 aliphatic carbocycles. The zero-order valence-corrected chi connectivity index (χ0v) is 12.4. The highest BCUT2D eigenvalue weighted by Gasteiger charge is 2.45. The van der Waals surface area contributed by atoms with Gasteiger partial charge in [-0.05, 0) is 51.4 Å². The average molecular weight is 253 g/mol. The maximum absolute atomic E-state index is 11.5. The van der Waals surface area contributed by atoms with Crippen LogP contribution in [-0.4, -0.2) is 18.7 Å². The smallest absolute Gasteiger partial charge is 0.407 e. The van der Waals surface area contributed by atoms with Crippen molar-refractivity contribution in [1.29, 1.82) is 0 Å². The Labute approximate surface area is 111 Å². The Kier molecular flexibility index (Phi) is 4.46. The van der Waals surface area contributed by atoms with Gasteiger partial charge in [-0.2, -0.15) is 0 Å². The molecule has 0 aromatic rings. The highest BCUT2D eigenvalue weighted by molar-refractivity contribution is 5.68. The van der Waals surface area contributed by atoms with Gasteiger partial charge in [0.25, 0.3) is 0 Å². The van der Waals surface area contributed by atoms with E-state index in [9.17, 15) is 4.79 Å². The third-order valence-electron chi connectivity index (χ3n) is 4.78.